The topological polar surface area (TPSA) is 29.3 Å². The number of nitrogens with zero attached hydrogens (tertiary/aromatic N) is 1. The molecule has 2 atom stereocenters. The van der Waals surface area contributed by atoms with Crippen LogP contribution in [0.3, 0.4) is 0 Å². The van der Waals surface area contributed by atoms with Gasteiger partial charge in [0, 0.05) is 25.2 Å². The van der Waals surface area contributed by atoms with Crippen LogP contribution in [0.25, 0.3) is 0 Å². The molecule has 2 unspecified atom stereocenters. The second-order valence-corrected chi connectivity index (χ2v) is 3.43. The lowest BCUT2D eigenvalue weighted by atomic mass is 9.85. The van der Waals surface area contributed by atoms with Crippen LogP contribution in [0.2, 0.25) is 0 Å². The summed E-state index contributed by atoms with van der Waals surface area (Å²) < 4.78 is 12.8. The highest BCUT2D eigenvalue weighted by Crippen LogP contribution is 2.40. The standard InChI is InChI=1S/C7H13FN2/c8-6-3-7(5-9)1-2-10(7)4-6/h6H,1-5,9H2. The molecule has 0 saturated carbocycles. The summed E-state index contributed by atoms with van der Waals surface area (Å²) in [5.74, 6) is 0. The van der Waals surface area contributed by atoms with Gasteiger partial charge in [-0.1, -0.05) is 0 Å². The molecule has 2 aliphatic rings. The van der Waals surface area contributed by atoms with Gasteiger partial charge in [-0.2, -0.15) is 0 Å². The molecule has 2 heterocycles. The molecule has 0 aromatic carbocycles. The molecule has 2 nitrogen and oxygen atoms in total. The van der Waals surface area contributed by atoms with E-state index in [0.717, 1.165) is 13.0 Å². The van der Waals surface area contributed by atoms with E-state index in [1.54, 1.807) is 0 Å². The van der Waals surface area contributed by atoms with Crippen molar-refractivity contribution in [3.8, 4) is 0 Å². The van der Waals surface area contributed by atoms with E-state index in [4.69, 9.17) is 5.73 Å². The minimum absolute atomic E-state index is 0.0828. The van der Waals surface area contributed by atoms with Gasteiger partial charge < -0.3 is 5.73 Å². The van der Waals surface area contributed by atoms with Crippen molar-refractivity contribution in [2.45, 2.75) is 24.6 Å². The molecule has 0 amide bonds. The lowest BCUT2D eigenvalue weighted by molar-refractivity contribution is 0.0357. The molecular formula is C7H13FN2. The summed E-state index contributed by atoms with van der Waals surface area (Å²) in [6.45, 7) is 2.31. The second-order valence-electron chi connectivity index (χ2n) is 3.43. The normalized spacial score (nSPS) is 46.8. The van der Waals surface area contributed by atoms with Crippen molar-refractivity contribution in [1.82, 2.24) is 4.90 Å². The number of hydrogen-bond donors (Lipinski definition) is 1. The third-order valence-corrected chi connectivity index (χ3v) is 2.92. The van der Waals surface area contributed by atoms with Gasteiger partial charge in [0.15, 0.2) is 0 Å². The summed E-state index contributed by atoms with van der Waals surface area (Å²) in [7, 11) is 0. The van der Waals surface area contributed by atoms with Gasteiger partial charge in [0.2, 0.25) is 0 Å². The summed E-state index contributed by atoms with van der Waals surface area (Å²) in [6, 6.07) is 0. The van der Waals surface area contributed by atoms with Crippen LogP contribution in [0.5, 0.6) is 0 Å². The van der Waals surface area contributed by atoms with E-state index in [9.17, 15) is 4.39 Å². The zero-order valence-corrected chi connectivity index (χ0v) is 6.02. The third-order valence-electron chi connectivity index (χ3n) is 2.92. The van der Waals surface area contributed by atoms with Crippen molar-refractivity contribution in [2.75, 3.05) is 19.6 Å². The highest BCUT2D eigenvalue weighted by molar-refractivity contribution is 5.07. The molecule has 0 spiro atoms. The number of nitrogens with two attached hydrogens (primary N) is 1. The van der Waals surface area contributed by atoms with Crippen LogP contribution < -0.4 is 5.73 Å². The Kier molecular flexibility index (Phi) is 1.26. The Balaban J connectivity index is 2.10. The Morgan fingerprint density at radius 2 is 2.50 bits per heavy atom. The average molecular weight is 144 g/mol. The maximum atomic E-state index is 12.8. The van der Waals surface area contributed by atoms with Crippen LogP contribution in [-0.2, 0) is 0 Å². The maximum absolute atomic E-state index is 12.8. The first kappa shape index (κ1) is 6.55. The molecule has 2 fully saturated rings. The molecule has 2 N–H and O–H groups in total. The SMILES string of the molecule is NCC12CCN1CC(F)C2. The molecule has 0 radical (unpaired) electrons. The summed E-state index contributed by atoms with van der Waals surface area (Å²) in [4.78, 5) is 2.18. The van der Waals surface area contributed by atoms with E-state index in [0.29, 0.717) is 19.5 Å². The van der Waals surface area contributed by atoms with Gasteiger partial charge in [0.1, 0.15) is 6.17 Å². The quantitative estimate of drug-likeness (QED) is 0.567. The predicted molar refractivity (Wildman–Crippen MR) is 37.5 cm³/mol. The fraction of sp³-hybridized carbons (Fsp3) is 1.00. The van der Waals surface area contributed by atoms with Crippen LogP contribution >= 0.6 is 0 Å². The van der Waals surface area contributed by atoms with Gasteiger partial charge in [-0.3, -0.25) is 4.90 Å². The lowest BCUT2D eigenvalue weighted by Gasteiger charge is -2.47. The highest BCUT2D eigenvalue weighted by atomic mass is 19.1. The molecule has 3 heteroatoms. The molecule has 2 aliphatic heterocycles. The molecule has 0 aromatic heterocycles. The van der Waals surface area contributed by atoms with E-state index >= 15 is 0 Å². The molecular weight excluding hydrogens is 131 g/mol. The molecule has 2 saturated heterocycles. The van der Waals surface area contributed by atoms with Gasteiger partial charge >= 0.3 is 0 Å². The predicted octanol–water partition coefficient (Wildman–Crippen LogP) is 0.131. The zero-order chi connectivity index (χ0) is 7.19. The Hall–Kier alpha value is -0.150. The smallest absolute Gasteiger partial charge is 0.115 e. The van der Waals surface area contributed by atoms with Gasteiger partial charge in [0.05, 0.1) is 0 Å². The fourth-order valence-electron chi connectivity index (χ4n) is 2.13. The Labute approximate surface area is 60.2 Å². The largest absolute Gasteiger partial charge is 0.329 e. The van der Waals surface area contributed by atoms with E-state index < -0.39 is 6.17 Å². The van der Waals surface area contributed by atoms with Crippen molar-refractivity contribution >= 4 is 0 Å². The first-order valence-electron chi connectivity index (χ1n) is 3.86. The summed E-state index contributed by atoms with van der Waals surface area (Å²) in [6.07, 6.45) is 1.15. The highest BCUT2D eigenvalue weighted by Gasteiger charge is 2.50. The Morgan fingerprint density at radius 3 is 2.80 bits per heavy atom. The van der Waals surface area contributed by atoms with Crippen LogP contribution in [0.15, 0.2) is 0 Å². The third kappa shape index (κ3) is 0.648. The Morgan fingerprint density at radius 1 is 1.70 bits per heavy atom. The lowest BCUT2D eigenvalue weighted by Crippen LogP contribution is -2.59. The molecule has 0 aromatic rings. The minimum atomic E-state index is -0.619. The minimum Gasteiger partial charge on any atom is -0.329 e. The van der Waals surface area contributed by atoms with E-state index in [1.165, 1.54) is 0 Å². The summed E-state index contributed by atoms with van der Waals surface area (Å²) in [5, 5.41) is 0. The molecule has 10 heavy (non-hydrogen) atoms. The van der Waals surface area contributed by atoms with Crippen molar-refractivity contribution in [3.05, 3.63) is 0 Å². The summed E-state index contributed by atoms with van der Waals surface area (Å²) >= 11 is 0. The number of alkyl halides is 1. The molecule has 2 rings (SSSR count). The van der Waals surface area contributed by atoms with Crippen molar-refractivity contribution < 1.29 is 4.39 Å². The van der Waals surface area contributed by atoms with E-state index in [2.05, 4.69) is 4.90 Å². The Bertz CT molecular complexity index is 147. The number of fused-ring (bicyclic) bond motifs is 1. The first-order valence-corrected chi connectivity index (χ1v) is 3.86. The first-order chi connectivity index (χ1) is 4.77. The van der Waals surface area contributed by atoms with Crippen LogP contribution in [0, 0.1) is 0 Å². The van der Waals surface area contributed by atoms with Gasteiger partial charge in [-0.25, -0.2) is 4.39 Å². The average Bonchev–Trinajstić information content (AvgIpc) is 2.11. The monoisotopic (exact) mass is 144 g/mol. The van der Waals surface area contributed by atoms with Gasteiger partial charge in [-0.15, -0.1) is 0 Å². The van der Waals surface area contributed by atoms with E-state index in [1.807, 2.05) is 0 Å². The van der Waals surface area contributed by atoms with Crippen LogP contribution in [0.4, 0.5) is 4.39 Å². The van der Waals surface area contributed by atoms with Crippen LogP contribution in [0.1, 0.15) is 12.8 Å². The fourth-order valence-corrected chi connectivity index (χ4v) is 2.13. The summed E-state index contributed by atoms with van der Waals surface area (Å²) in [5.41, 5.74) is 5.65. The van der Waals surface area contributed by atoms with Crippen LogP contribution in [-0.4, -0.2) is 36.2 Å². The van der Waals surface area contributed by atoms with Crippen molar-refractivity contribution in [3.63, 3.8) is 0 Å². The zero-order valence-electron chi connectivity index (χ0n) is 6.02. The molecule has 58 valence electrons. The number of rotatable bonds is 1. The van der Waals surface area contributed by atoms with Gasteiger partial charge in [0.25, 0.3) is 0 Å². The number of halogens is 1. The van der Waals surface area contributed by atoms with Crippen molar-refractivity contribution in [2.24, 2.45) is 5.73 Å². The second kappa shape index (κ2) is 1.92. The number of hydrogen-bond acceptors (Lipinski definition) is 2. The van der Waals surface area contributed by atoms with E-state index in [-0.39, 0.29) is 5.54 Å². The molecule has 0 bridgehead atoms. The maximum Gasteiger partial charge on any atom is 0.115 e. The van der Waals surface area contributed by atoms with Crippen molar-refractivity contribution in [1.29, 1.82) is 0 Å². The molecule has 0 aliphatic carbocycles. The van der Waals surface area contributed by atoms with Gasteiger partial charge in [-0.05, 0) is 12.8 Å².